The van der Waals surface area contributed by atoms with Crippen molar-refractivity contribution in [3.63, 3.8) is 0 Å². The maximum absolute atomic E-state index is 13.2. The Kier molecular flexibility index (Phi) is 7.97. The fourth-order valence-electron chi connectivity index (χ4n) is 3.86. The Balaban J connectivity index is 1.73. The molecule has 5 nitrogen and oxygen atoms in total. The zero-order chi connectivity index (χ0) is 22.4. The quantitative estimate of drug-likeness (QED) is 0.638. The third-order valence-electron chi connectivity index (χ3n) is 6.04. The molecule has 1 fully saturated rings. The predicted octanol–water partition coefficient (Wildman–Crippen LogP) is 4.81. The molecule has 0 bridgehead atoms. The second-order valence-electron chi connectivity index (χ2n) is 8.30. The van der Waals surface area contributed by atoms with Gasteiger partial charge in [-0.15, -0.1) is 0 Å². The van der Waals surface area contributed by atoms with Crippen molar-refractivity contribution in [2.24, 2.45) is 0 Å². The smallest absolute Gasteiger partial charge is 0.261 e. The van der Waals surface area contributed by atoms with Crippen molar-refractivity contribution in [3.05, 3.63) is 64.2 Å². The van der Waals surface area contributed by atoms with Crippen molar-refractivity contribution in [2.45, 2.75) is 65.1 Å². The molecule has 1 N–H and O–H groups in total. The van der Waals surface area contributed by atoms with Gasteiger partial charge in [-0.3, -0.25) is 9.59 Å². The molecular formula is C25H31ClN2O3. The fourth-order valence-corrected chi connectivity index (χ4v) is 3.99. The van der Waals surface area contributed by atoms with Crippen LogP contribution in [0, 0.1) is 13.8 Å². The third-order valence-corrected chi connectivity index (χ3v) is 6.29. The third kappa shape index (κ3) is 6.23. The molecule has 0 saturated heterocycles. The summed E-state index contributed by atoms with van der Waals surface area (Å²) in [6, 6.07) is 12.7. The van der Waals surface area contributed by atoms with Crippen LogP contribution < -0.4 is 10.1 Å². The van der Waals surface area contributed by atoms with E-state index in [4.69, 9.17) is 16.3 Å². The first-order chi connectivity index (χ1) is 14.8. The predicted molar refractivity (Wildman–Crippen MR) is 123 cm³/mol. The Morgan fingerprint density at radius 1 is 1.13 bits per heavy atom. The zero-order valence-corrected chi connectivity index (χ0v) is 19.2. The topological polar surface area (TPSA) is 58.6 Å². The largest absolute Gasteiger partial charge is 0.483 e. The van der Waals surface area contributed by atoms with Crippen LogP contribution in [0.3, 0.4) is 0 Å². The second-order valence-corrected chi connectivity index (χ2v) is 8.74. The lowest BCUT2D eigenvalue weighted by molar-refractivity contribution is -0.142. The molecule has 2 amide bonds. The number of aryl methyl sites for hydroxylation is 1. The Labute approximate surface area is 189 Å². The lowest BCUT2D eigenvalue weighted by atomic mass is 10.1. The monoisotopic (exact) mass is 442 g/mol. The SMILES string of the molecule is Cc1cccc(OCC(=O)N(Cc2ccc(Cl)cc2)[C@H](C)C(=O)NC2CCCC2)c1C. The highest BCUT2D eigenvalue weighted by molar-refractivity contribution is 6.30. The van der Waals surface area contributed by atoms with E-state index in [1.54, 1.807) is 24.0 Å². The Hall–Kier alpha value is -2.53. The summed E-state index contributed by atoms with van der Waals surface area (Å²) in [6.45, 7) is 5.94. The summed E-state index contributed by atoms with van der Waals surface area (Å²) >= 11 is 6.00. The van der Waals surface area contributed by atoms with Crippen LogP contribution in [-0.2, 0) is 16.1 Å². The fraction of sp³-hybridized carbons (Fsp3) is 0.440. The van der Waals surface area contributed by atoms with E-state index < -0.39 is 6.04 Å². The lowest BCUT2D eigenvalue weighted by Gasteiger charge is -2.29. The number of rotatable bonds is 8. The first-order valence-corrected chi connectivity index (χ1v) is 11.3. The molecule has 2 aromatic rings. The maximum atomic E-state index is 13.2. The molecule has 0 aromatic heterocycles. The highest BCUT2D eigenvalue weighted by Crippen LogP contribution is 2.22. The molecule has 0 spiro atoms. The van der Waals surface area contributed by atoms with E-state index in [1.165, 1.54) is 0 Å². The lowest BCUT2D eigenvalue weighted by Crippen LogP contribution is -2.50. The average Bonchev–Trinajstić information content (AvgIpc) is 3.26. The molecule has 1 atom stereocenters. The number of halogens is 1. The number of hydrogen-bond donors (Lipinski definition) is 1. The summed E-state index contributed by atoms with van der Waals surface area (Å²) in [4.78, 5) is 27.6. The summed E-state index contributed by atoms with van der Waals surface area (Å²) in [5, 5.41) is 3.74. The first-order valence-electron chi connectivity index (χ1n) is 10.9. The minimum atomic E-state index is -0.606. The van der Waals surface area contributed by atoms with Gasteiger partial charge in [0.2, 0.25) is 5.91 Å². The van der Waals surface area contributed by atoms with Gasteiger partial charge in [0.15, 0.2) is 6.61 Å². The van der Waals surface area contributed by atoms with Crippen molar-refractivity contribution in [3.8, 4) is 5.75 Å². The number of nitrogens with one attached hydrogen (secondary N) is 1. The summed E-state index contributed by atoms with van der Waals surface area (Å²) < 4.78 is 5.84. The Morgan fingerprint density at radius 3 is 2.48 bits per heavy atom. The van der Waals surface area contributed by atoms with Crippen LogP contribution in [0.2, 0.25) is 5.02 Å². The van der Waals surface area contributed by atoms with Gasteiger partial charge in [0, 0.05) is 17.6 Å². The highest BCUT2D eigenvalue weighted by Gasteiger charge is 2.28. The minimum Gasteiger partial charge on any atom is -0.483 e. The number of carbonyl (C=O) groups excluding carboxylic acids is 2. The van der Waals surface area contributed by atoms with Crippen LogP contribution in [-0.4, -0.2) is 35.4 Å². The van der Waals surface area contributed by atoms with Gasteiger partial charge in [0.1, 0.15) is 11.8 Å². The molecule has 0 aliphatic heterocycles. The van der Waals surface area contributed by atoms with Crippen LogP contribution in [0.25, 0.3) is 0 Å². The van der Waals surface area contributed by atoms with Crippen LogP contribution in [0.4, 0.5) is 0 Å². The minimum absolute atomic E-state index is 0.124. The molecular weight excluding hydrogens is 412 g/mol. The summed E-state index contributed by atoms with van der Waals surface area (Å²) in [6.07, 6.45) is 4.27. The standard InChI is InChI=1S/C25H31ClN2O3/c1-17-7-6-10-23(18(17)2)31-16-24(29)28(15-20-11-13-21(26)14-12-20)19(3)25(30)27-22-8-4-5-9-22/h6-7,10-14,19,22H,4-5,8-9,15-16H2,1-3H3,(H,27,30)/t19-/m1/s1. The molecule has 31 heavy (non-hydrogen) atoms. The number of carbonyl (C=O) groups is 2. The molecule has 0 heterocycles. The van der Waals surface area contributed by atoms with Gasteiger partial charge in [-0.25, -0.2) is 0 Å². The molecule has 0 radical (unpaired) electrons. The molecule has 1 aliphatic carbocycles. The van der Waals surface area contributed by atoms with Crippen molar-refractivity contribution in [1.29, 1.82) is 0 Å². The summed E-state index contributed by atoms with van der Waals surface area (Å²) in [5.41, 5.74) is 3.02. The second kappa shape index (κ2) is 10.7. The van der Waals surface area contributed by atoms with Crippen LogP contribution in [0.1, 0.15) is 49.3 Å². The molecule has 6 heteroatoms. The van der Waals surface area contributed by atoms with Gasteiger partial charge in [0.25, 0.3) is 5.91 Å². The van der Waals surface area contributed by atoms with E-state index in [1.807, 2.05) is 44.2 Å². The van der Waals surface area contributed by atoms with E-state index >= 15 is 0 Å². The van der Waals surface area contributed by atoms with E-state index in [2.05, 4.69) is 5.32 Å². The van der Waals surface area contributed by atoms with E-state index in [0.29, 0.717) is 17.3 Å². The van der Waals surface area contributed by atoms with Gasteiger partial charge >= 0.3 is 0 Å². The molecule has 1 aliphatic rings. The number of nitrogens with zero attached hydrogens (tertiary/aromatic N) is 1. The molecule has 166 valence electrons. The Bertz CT molecular complexity index is 907. The number of benzene rings is 2. The van der Waals surface area contributed by atoms with Crippen LogP contribution in [0.15, 0.2) is 42.5 Å². The number of amides is 2. The van der Waals surface area contributed by atoms with Crippen LogP contribution >= 0.6 is 11.6 Å². The van der Waals surface area contributed by atoms with E-state index in [9.17, 15) is 9.59 Å². The zero-order valence-electron chi connectivity index (χ0n) is 18.5. The van der Waals surface area contributed by atoms with Crippen LogP contribution in [0.5, 0.6) is 5.75 Å². The van der Waals surface area contributed by atoms with Crippen molar-refractivity contribution in [1.82, 2.24) is 10.2 Å². The normalized spacial score (nSPS) is 14.8. The van der Waals surface area contributed by atoms with Gasteiger partial charge in [-0.1, -0.05) is 48.7 Å². The molecule has 1 saturated carbocycles. The Morgan fingerprint density at radius 2 is 1.81 bits per heavy atom. The van der Waals surface area contributed by atoms with E-state index in [0.717, 1.165) is 42.4 Å². The molecule has 2 aromatic carbocycles. The van der Waals surface area contributed by atoms with E-state index in [-0.39, 0.29) is 24.5 Å². The first kappa shape index (κ1) is 23.1. The van der Waals surface area contributed by atoms with Crippen molar-refractivity contribution < 1.29 is 14.3 Å². The average molecular weight is 443 g/mol. The van der Waals surface area contributed by atoms with Gasteiger partial charge in [0.05, 0.1) is 0 Å². The number of hydrogen-bond acceptors (Lipinski definition) is 3. The van der Waals surface area contributed by atoms with Gasteiger partial charge in [-0.05, 0) is 68.5 Å². The van der Waals surface area contributed by atoms with Gasteiger partial charge < -0.3 is 15.0 Å². The van der Waals surface area contributed by atoms with Crippen molar-refractivity contribution in [2.75, 3.05) is 6.61 Å². The summed E-state index contributed by atoms with van der Waals surface area (Å²) in [5.74, 6) is 0.328. The molecule has 0 unspecified atom stereocenters. The highest BCUT2D eigenvalue weighted by atomic mass is 35.5. The number of ether oxygens (including phenoxy) is 1. The maximum Gasteiger partial charge on any atom is 0.261 e. The van der Waals surface area contributed by atoms with Crippen molar-refractivity contribution >= 4 is 23.4 Å². The summed E-state index contributed by atoms with van der Waals surface area (Å²) in [7, 11) is 0. The molecule has 3 rings (SSSR count). The van der Waals surface area contributed by atoms with Gasteiger partial charge in [-0.2, -0.15) is 0 Å².